The van der Waals surface area contributed by atoms with E-state index in [1.54, 1.807) is 0 Å². The SMILES string of the molecule is CN(C)Cc1ccc2n(c1=O)C[C@H]1C[C@@H]2CN(Cc2cnn(Cc3ccccc3)c2)C1. The molecule has 6 heteroatoms. The molecule has 0 saturated carbocycles. The molecule has 2 bridgehead atoms. The summed E-state index contributed by atoms with van der Waals surface area (Å²) in [5.74, 6) is 0.978. The number of rotatable bonds is 6. The Morgan fingerprint density at radius 1 is 1.00 bits per heavy atom. The van der Waals surface area contributed by atoms with Crippen molar-refractivity contribution < 1.29 is 0 Å². The summed E-state index contributed by atoms with van der Waals surface area (Å²) in [4.78, 5) is 17.6. The largest absolute Gasteiger partial charge is 0.312 e. The Morgan fingerprint density at radius 2 is 1.84 bits per heavy atom. The number of benzene rings is 1. The maximum atomic E-state index is 13.0. The van der Waals surface area contributed by atoms with Crippen molar-refractivity contribution >= 4 is 0 Å². The minimum Gasteiger partial charge on any atom is -0.312 e. The van der Waals surface area contributed by atoms with Crippen LogP contribution in [0, 0.1) is 5.92 Å². The van der Waals surface area contributed by atoms with Gasteiger partial charge in [-0.05, 0) is 38.1 Å². The van der Waals surface area contributed by atoms with Crippen molar-refractivity contribution in [3.05, 3.63) is 87.6 Å². The molecule has 31 heavy (non-hydrogen) atoms. The Bertz CT molecular complexity index is 1100. The van der Waals surface area contributed by atoms with Crippen molar-refractivity contribution in [3.8, 4) is 0 Å². The fourth-order valence-corrected chi connectivity index (χ4v) is 5.28. The number of hydrogen-bond donors (Lipinski definition) is 0. The predicted molar refractivity (Wildman–Crippen MR) is 122 cm³/mol. The van der Waals surface area contributed by atoms with Gasteiger partial charge in [0.05, 0.1) is 12.7 Å². The van der Waals surface area contributed by atoms with Gasteiger partial charge >= 0.3 is 0 Å². The first kappa shape index (κ1) is 20.2. The molecule has 1 fully saturated rings. The van der Waals surface area contributed by atoms with Crippen LogP contribution in [0.1, 0.15) is 34.7 Å². The van der Waals surface area contributed by atoms with Crippen LogP contribution in [0.2, 0.25) is 0 Å². The topological polar surface area (TPSA) is 46.3 Å². The molecule has 2 aliphatic heterocycles. The zero-order valence-electron chi connectivity index (χ0n) is 18.4. The molecule has 2 aromatic heterocycles. The summed E-state index contributed by atoms with van der Waals surface area (Å²) in [5.41, 5.74) is 4.84. The average Bonchev–Trinajstić information content (AvgIpc) is 3.17. The summed E-state index contributed by atoms with van der Waals surface area (Å²) in [5, 5.41) is 4.57. The lowest BCUT2D eigenvalue weighted by molar-refractivity contribution is 0.114. The highest BCUT2D eigenvalue weighted by Crippen LogP contribution is 2.35. The van der Waals surface area contributed by atoms with Crippen LogP contribution in [0.15, 0.2) is 59.7 Å². The van der Waals surface area contributed by atoms with Gasteiger partial charge in [0.15, 0.2) is 0 Å². The summed E-state index contributed by atoms with van der Waals surface area (Å²) in [6, 6.07) is 14.7. The fourth-order valence-electron chi connectivity index (χ4n) is 5.28. The third-order valence-electron chi connectivity index (χ3n) is 6.53. The van der Waals surface area contributed by atoms with Crippen molar-refractivity contribution in [2.24, 2.45) is 5.92 Å². The Balaban J connectivity index is 1.28. The van der Waals surface area contributed by atoms with E-state index in [4.69, 9.17) is 0 Å². The summed E-state index contributed by atoms with van der Waals surface area (Å²) in [6.07, 6.45) is 5.36. The van der Waals surface area contributed by atoms with E-state index in [2.05, 4.69) is 56.0 Å². The highest BCUT2D eigenvalue weighted by Gasteiger charge is 2.35. The van der Waals surface area contributed by atoms with Crippen LogP contribution in [0.4, 0.5) is 0 Å². The lowest BCUT2D eigenvalue weighted by Gasteiger charge is -2.43. The molecule has 2 aliphatic rings. The van der Waals surface area contributed by atoms with Crippen LogP contribution in [0.25, 0.3) is 0 Å². The minimum absolute atomic E-state index is 0.205. The van der Waals surface area contributed by atoms with Crippen molar-refractivity contribution in [2.45, 2.75) is 38.5 Å². The van der Waals surface area contributed by atoms with Gasteiger partial charge in [0.25, 0.3) is 5.56 Å². The minimum atomic E-state index is 0.205. The van der Waals surface area contributed by atoms with Gasteiger partial charge in [-0.25, -0.2) is 0 Å². The number of hydrogen-bond acceptors (Lipinski definition) is 4. The van der Waals surface area contributed by atoms with Crippen LogP contribution in [0.3, 0.4) is 0 Å². The molecule has 0 aliphatic carbocycles. The zero-order valence-corrected chi connectivity index (χ0v) is 18.4. The third kappa shape index (κ3) is 4.36. The number of nitrogens with zero attached hydrogens (tertiary/aromatic N) is 5. The number of likely N-dealkylation sites (tertiary alicyclic amines) is 1. The lowest BCUT2D eigenvalue weighted by Crippen LogP contribution is -2.47. The van der Waals surface area contributed by atoms with E-state index in [1.165, 1.54) is 23.2 Å². The second-order valence-corrected chi connectivity index (χ2v) is 9.46. The van der Waals surface area contributed by atoms with E-state index >= 15 is 0 Å². The first-order valence-corrected chi connectivity index (χ1v) is 11.2. The van der Waals surface area contributed by atoms with Gasteiger partial charge < -0.3 is 9.47 Å². The quantitative estimate of drug-likeness (QED) is 0.619. The Hall–Kier alpha value is -2.70. The Labute approximate surface area is 183 Å². The lowest BCUT2D eigenvalue weighted by atomic mass is 9.83. The van der Waals surface area contributed by atoms with Gasteiger partial charge in [-0.15, -0.1) is 0 Å². The van der Waals surface area contributed by atoms with E-state index < -0.39 is 0 Å². The maximum Gasteiger partial charge on any atom is 0.255 e. The molecule has 0 amide bonds. The molecule has 1 aromatic carbocycles. The highest BCUT2D eigenvalue weighted by atomic mass is 16.1. The van der Waals surface area contributed by atoms with Crippen LogP contribution in [-0.2, 0) is 26.2 Å². The zero-order chi connectivity index (χ0) is 21.4. The van der Waals surface area contributed by atoms with Gasteiger partial charge in [-0.2, -0.15) is 5.10 Å². The van der Waals surface area contributed by atoms with E-state index in [9.17, 15) is 4.79 Å². The molecule has 1 saturated heterocycles. The third-order valence-corrected chi connectivity index (χ3v) is 6.53. The molecular formula is C25H31N5O. The van der Waals surface area contributed by atoms with Gasteiger partial charge in [0.1, 0.15) is 0 Å². The summed E-state index contributed by atoms with van der Waals surface area (Å²) in [6.45, 7) is 5.32. The number of aromatic nitrogens is 3. The summed E-state index contributed by atoms with van der Waals surface area (Å²) >= 11 is 0. The molecule has 3 aromatic rings. The molecule has 2 atom stereocenters. The van der Waals surface area contributed by atoms with Gasteiger partial charge in [-0.3, -0.25) is 14.4 Å². The molecule has 5 rings (SSSR count). The number of pyridine rings is 1. The van der Waals surface area contributed by atoms with Crippen molar-refractivity contribution in [1.82, 2.24) is 24.1 Å². The van der Waals surface area contributed by atoms with Crippen LogP contribution >= 0.6 is 0 Å². The predicted octanol–water partition coefficient (Wildman–Crippen LogP) is 2.77. The van der Waals surface area contributed by atoms with E-state index in [1.807, 2.05) is 37.1 Å². The van der Waals surface area contributed by atoms with Gasteiger partial charge in [0.2, 0.25) is 0 Å². The Morgan fingerprint density at radius 3 is 2.65 bits per heavy atom. The van der Waals surface area contributed by atoms with E-state index in [0.29, 0.717) is 18.4 Å². The Kier molecular flexibility index (Phi) is 5.50. The molecule has 0 spiro atoms. The summed E-state index contributed by atoms with van der Waals surface area (Å²) in [7, 11) is 4.02. The number of piperidine rings is 1. The standard InChI is InChI=1S/C25H31N5O/c1-27(2)17-22-8-9-24-23-10-20(16-30(24)25(22)31)12-28(18-23)13-21-11-26-29(15-21)14-19-6-4-3-5-7-19/h3-9,11,15,20,23H,10,12-14,16-18H2,1-2H3/t20-,23+/m0/s1. The fraction of sp³-hybridized carbons (Fsp3) is 0.440. The second kappa shape index (κ2) is 8.44. The molecule has 4 heterocycles. The van der Waals surface area contributed by atoms with Crippen LogP contribution < -0.4 is 5.56 Å². The molecule has 6 nitrogen and oxygen atoms in total. The first-order chi connectivity index (χ1) is 15.0. The van der Waals surface area contributed by atoms with Crippen LogP contribution in [0.5, 0.6) is 0 Å². The molecule has 0 unspecified atom stereocenters. The normalized spacial score (nSPS) is 20.7. The maximum absolute atomic E-state index is 13.0. The monoisotopic (exact) mass is 417 g/mol. The van der Waals surface area contributed by atoms with E-state index in [0.717, 1.165) is 38.3 Å². The van der Waals surface area contributed by atoms with Gasteiger partial charge in [-0.1, -0.05) is 36.4 Å². The molecular weight excluding hydrogens is 386 g/mol. The smallest absolute Gasteiger partial charge is 0.255 e. The summed E-state index contributed by atoms with van der Waals surface area (Å²) < 4.78 is 4.09. The number of fused-ring (bicyclic) bond motifs is 4. The highest BCUT2D eigenvalue weighted by molar-refractivity contribution is 5.23. The van der Waals surface area contributed by atoms with E-state index in [-0.39, 0.29) is 5.56 Å². The molecule has 0 radical (unpaired) electrons. The van der Waals surface area contributed by atoms with Crippen LogP contribution in [-0.4, -0.2) is 51.3 Å². The van der Waals surface area contributed by atoms with Crippen molar-refractivity contribution in [3.63, 3.8) is 0 Å². The average molecular weight is 418 g/mol. The van der Waals surface area contributed by atoms with Crippen molar-refractivity contribution in [2.75, 3.05) is 27.2 Å². The van der Waals surface area contributed by atoms with Crippen molar-refractivity contribution in [1.29, 1.82) is 0 Å². The first-order valence-electron chi connectivity index (χ1n) is 11.2. The van der Waals surface area contributed by atoms with Gasteiger partial charge in [0, 0.05) is 61.7 Å². The molecule has 162 valence electrons. The second-order valence-electron chi connectivity index (χ2n) is 9.46. The molecule has 0 N–H and O–H groups in total.